The Morgan fingerprint density at radius 3 is 2.82 bits per heavy atom. The molecule has 2 rings (SSSR count). The lowest BCUT2D eigenvalue weighted by Gasteiger charge is -2.02. The van der Waals surface area contributed by atoms with E-state index in [1.54, 1.807) is 6.92 Å². The number of hydrogen-bond acceptors (Lipinski definition) is 4. The van der Waals surface area contributed by atoms with Gasteiger partial charge in [0.05, 0.1) is 0 Å². The van der Waals surface area contributed by atoms with E-state index in [-0.39, 0.29) is 12.1 Å². The maximum Gasteiger partial charge on any atom is 0.392 e. The van der Waals surface area contributed by atoms with Crippen molar-refractivity contribution < 1.29 is 14.3 Å². The Morgan fingerprint density at radius 2 is 2.18 bits per heavy atom. The number of rotatable bonds is 2. The van der Waals surface area contributed by atoms with Crippen LogP contribution >= 0.6 is 0 Å². The molecule has 88 valence electrons. The number of esters is 1. The second kappa shape index (κ2) is 4.82. The minimum Gasteiger partial charge on any atom is -0.448 e. The van der Waals surface area contributed by atoms with Gasteiger partial charge in [-0.1, -0.05) is 36.9 Å². The van der Waals surface area contributed by atoms with Crippen LogP contribution in [0.5, 0.6) is 0 Å². The van der Waals surface area contributed by atoms with Gasteiger partial charge in [0, 0.05) is 5.57 Å². The molecule has 0 saturated heterocycles. The third-order valence-electron chi connectivity index (χ3n) is 2.34. The number of carbonyl (C=O) groups is 1. The highest BCUT2D eigenvalue weighted by Crippen LogP contribution is 2.22. The molecule has 0 unspecified atom stereocenters. The summed E-state index contributed by atoms with van der Waals surface area (Å²) in [5.41, 5.74) is 1.35. The van der Waals surface area contributed by atoms with Gasteiger partial charge in [-0.05, 0) is 12.5 Å². The summed E-state index contributed by atoms with van der Waals surface area (Å²) in [4.78, 5) is 15.5. The van der Waals surface area contributed by atoms with E-state index in [1.807, 2.05) is 30.3 Å². The molecule has 0 radical (unpaired) electrons. The minimum atomic E-state index is -0.516. The van der Waals surface area contributed by atoms with Gasteiger partial charge >= 0.3 is 12.1 Å². The number of hydrogen-bond donors (Lipinski definition) is 0. The molecule has 4 nitrogen and oxygen atoms in total. The van der Waals surface area contributed by atoms with Crippen molar-refractivity contribution in [2.45, 2.75) is 13.0 Å². The van der Waals surface area contributed by atoms with Gasteiger partial charge in [-0.3, -0.25) is 0 Å². The molecule has 17 heavy (non-hydrogen) atoms. The first-order valence-electron chi connectivity index (χ1n) is 5.30. The van der Waals surface area contributed by atoms with E-state index in [1.165, 1.54) is 0 Å². The molecule has 0 bridgehead atoms. The second-order valence-electron chi connectivity index (χ2n) is 3.80. The van der Waals surface area contributed by atoms with Crippen LogP contribution in [0.2, 0.25) is 0 Å². The lowest BCUT2D eigenvalue weighted by molar-refractivity contribution is -0.132. The van der Waals surface area contributed by atoms with Gasteiger partial charge < -0.3 is 9.47 Å². The van der Waals surface area contributed by atoms with E-state index in [9.17, 15) is 4.79 Å². The average Bonchev–Trinajstić information content (AvgIpc) is 2.78. The van der Waals surface area contributed by atoms with Crippen molar-refractivity contribution in [1.82, 2.24) is 0 Å². The monoisotopic (exact) mass is 231 g/mol. The smallest absolute Gasteiger partial charge is 0.392 e. The predicted octanol–water partition coefficient (Wildman–Crippen LogP) is 2.23. The van der Waals surface area contributed by atoms with E-state index in [4.69, 9.17) is 9.47 Å². The molecule has 4 heteroatoms. The van der Waals surface area contributed by atoms with Gasteiger partial charge in [-0.15, -0.1) is 0 Å². The molecule has 0 fully saturated rings. The molecule has 0 N–H and O–H groups in total. The van der Waals surface area contributed by atoms with Crippen molar-refractivity contribution in [3.05, 3.63) is 48.0 Å². The average molecular weight is 231 g/mol. The summed E-state index contributed by atoms with van der Waals surface area (Å²) in [6.45, 7) is 5.46. The number of aliphatic imine (C=N–C) groups is 1. The zero-order chi connectivity index (χ0) is 12.3. The lowest BCUT2D eigenvalue weighted by Crippen LogP contribution is -2.12. The summed E-state index contributed by atoms with van der Waals surface area (Å²) < 4.78 is 10.1. The third kappa shape index (κ3) is 2.72. The number of ether oxygens (including phenoxy) is 2. The van der Waals surface area contributed by atoms with Crippen LogP contribution in [0, 0.1) is 0 Å². The van der Waals surface area contributed by atoms with Crippen LogP contribution in [0.15, 0.2) is 47.5 Å². The molecule has 0 aromatic heterocycles. The predicted molar refractivity (Wildman–Crippen MR) is 63.5 cm³/mol. The van der Waals surface area contributed by atoms with Crippen molar-refractivity contribution in [3.63, 3.8) is 0 Å². The quantitative estimate of drug-likeness (QED) is 0.579. The van der Waals surface area contributed by atoms with Gasteiger partial charge in [0.15, 0.2) is 0 Å². The Labute approximate surface area is 99.6 Å². The van der Waals surface area contributed by atoms with Crippen LogP contribution in [0.4, 0.5) is 0 Å². The molecule has 0 amide bonds. The van der Waals surface area contributed by atoms with Crippen LogP contribution in [-0.4, -0.2) is 18.7 Å². The molecule has 0 saturated carbocycles. The van der Waals surface area contributed by atoms with Gasteiger partial charge in [0.1, 0.15) is 12.6 Å². The molecule has 1 heterocycles. The third-order valence-corrected chi connectivity index (χ3v) is 2.34. The number of carbonyl (C=O) groups excluding carboxylic acids is 1. The second-order valence-corrected chi connectivity index (χ2v) is 3.80. The lowest BCUT2D eigenvalue weighted by atomic mass is 10.1. The van der Waals surface area contributed by atoms with Gasteiger partial charge in [-0.2, -0.15) is 0 Å². The Kier molecular flexibility index (Phi) is 3.23. The van der Waals surface area contributed by atoms with E-state index < -0.39 is 5.97 Å². The zero-order valence-corrected chi connectivity index (χ0v) is 9.55. The summed E-state index contributed by atoms with van der Waals surface area (Å²) >= 11 is 0. The van der Waals surface area contributed by atoms with Crippen LogP contribution < -0.4 is 0 Å². The van der Waals surface area contributed by atoms with Crippen molar-refractivity contribution in [2.24, 2.45) is 4.99 Å². The Hall–Kier alpha value is -2.10. The maximum absolute atomic E-state index is 11.3. The highest BCUT2D eigenvalue weighted by atomic mass is 16.7. The highest BCUT2D eigenvalue weighted by Gasteiger charge is 2.23. The fourth-order valence-electron chi connectivity index (χ4n) is 1.42. The standard InChI is InChI=1S/C13H13NO3/c1-9(2)12(15)17-13-14-11(8-16-13)10-6-4-3-5-7-10/h3-7,11H,1,8H2,2H3/t11-/m0/s1. The van der Waals surface area contributed by atoms with Gasteiger partial charge in [-0.25, -0.2) is 9.79 Å². The molecule has 0 aliphatic carbocycles. The van der Waals surface area contributed by atoms with Crippen molar-refractivity contribution in [1.29, 1.82) is 0 Å². The largest absolute Gasteiger partial charge is 0.448 e. The molecular formula is C13H13NO3. The molecule has 1 aromatic rings. The molecule has 1 aliphatic heterocycles. The fourth-order valence-corrected chi connectivity index (χ4v) is 1.42. The number of benzene rings is 1. The van der Waals surface area contributed by atoms with Crippen LogP contribution in [0.1, 0.15) is 18.5 Å². The molecule has 1 aliphatic rings. The van der Waals surface area contributed by atoms with Gasteiger partial charge in [0.25, 0.3) is 0 Å². The first-order chi connectivity index (χ1) is 8.16. The van der Waals surface area contributed by atoms with E-state index in [2.05, 4.69) is 11.6 Å². The molecule has 0 spiro atoms. The van der Waals surface area contributed by atoms with Gasteiger partial charge in [0.2, 0.25) is 0 Å². The SMILES string of the molecule is C=C(C)C(=O)OC1=N[C@H](c2ccccc2)CO1. The first-order valence-corrected chi connectivity index (χ1v) is 5.30. The molecule has 1 atom stereocenters. The summed E-state index contributed by atoms with van der Waals surface area (Å²) in [5, 5.41) is 0. The van der Waals surface area contributed by atoms with Crippen molar-refractivity contribution in [2.75, 3.05) is 6.61 Å². The van der Waals surface area contributed by atoms with E-state index in [0.29, 0.717) is 12.2 Å². The normalized spacial score (nSPS) is 18.2. The maximum atomic E-state index is 11.3. The van der Waals surface area contributed by atoms with Crippen molar-refractivity contribution >= 4 is 12.1 Å². The summed E-state index contributed by atoms with van der Waals surface area (Å²) in [5.74, 6) is -0.516. The van der Waals surface area contributed by atoms with Crippen molar-refractivity contribution in [3.8, 4) is 0 Å². The fraction of sp³-hybridized carbons (Fsp3) is 0.231. The highest BCUT2D eigenvalue weighted by molar-refractivity contribution is 5.95. The summed E-state index contributed by atoms with van der Waals surface area (Å²) in [6, 6.07) is 9.61. The summed E-state index contributed by atoms with van der Waals surface area (Å²) in [6.07, 6.45) is 0.0202. The molecular weight excluding hydrogens is 218 g/mol. The first kappa shape index (κ1) is 11.4. The Balaban J connectivity index is 2.04. The minimum absolute atomic E-state index is 0.0202. The Morgan fingerprint density at radius 1 is 1.47 bits per heavy atom. The number of nitrogens with zero attached hydrogens (tertiary/aromatic N) is 1. The Bertz CT molecular complexity index is 465. The van der Waals surface area contributed by atoms with Crippen LogP contribution in [0.3, 0.4) is 0 Å². The molecule has 1 aromatic carbocycles. The summed E-state index contributed by atoms with van der Waals surface area (Å²) in [7, 11) is 0. The van der Waals surface area contributed by atoms with Crippen LogP contribution in [0.25, 0.3) is 0 Å². The zero-order valence-electron chi connectivity index (χ0n) is 9.55. The topological polar surface area (TPSA) is 47.9 Å². The van der Waals surface area contributed by atoms with E-state index in [0.717, 1.165) is 5.56 Å². The van der Waals surface area contributed by atoms with E-state index >= 15 is 0 Å². The van der Waals surface area contributed by atoms with Crippen LogP contribution in [-0.2, 0) is 14.3 Å².